The Balaban J connectivity index is -0.000000131. The molecular weight excluding hydrogens is 465 g/mol. The van der Waals surface area contributed by atoms with Gasteiger partial charge in [0.2, 0.25) is 0 Å². The third-order valence-corrected chi connectivity index (χ3v) is 3.24. The second-order valence-electron chi connectivity index (χ2n) is 5.75. The van der Waals surface area contributed by atoms with Gasteiger partial charge in [-0.05, 0) is 27.7 Å². The van der Waals surface area contributed by atoms with Crippen molar-refractivity contribution >= 4 is 0 Å². The van der Waals surface area contributed by atoms with Crippen LogP contribution < -0.4 is 0 Å². The molecule has 0 aromatic heterocycles. The van der Waals surface area contributed by atoms with Crippen LogP contribution in [0.3, 0.4) is 0 Å². The van der Waals surface area contributed by atoms with E-state index in [0.29, 0.717) is 5.92 Å². The van der Waals surface area contributed by atoms with Crippen molar-refractivity contribution in [3.8, 4) is 0 Å². The van der Waals surface area contributed by atoms with E-state index < -0.39 is 0 Å². The van der Waals surface area contributed by atoms with Crippen LogP contribution in [0, 0.1) is 27.2 Å². The van der Waals surface area contributed by atoms with Crippen molar-refractivity contribution in [2.45, 2.75) is 65.0 Å². The van der Waals surface area contributed by atoms with Crippen LogP contribution in [0.1, 0.15) is 53.9 Å². The van der Waals surface area contributed by atoms with Crippen LogP contribution in [0.2, 0.25) is 0 Å². The Kier molecular flexibility index (Phi) is 24.2. The molecule has 1 N–H and O–H groups in total. The smallest absolute Gasteiger partial charge is 0.0388 e. The summed E-state index contributed by atoms with van der Waals surface area (Å²) in [5.41, 5.74) is -0.198. The van der Waals surface area contributed by atoms with E-state index in [4.69, 9.17) is 0 Å². The van der Waals surface area contributed by atoms with Crippen LogP contribution in [0.25, 0.3) is 0 Å². The van der Waals surface area contributed by atoms with Gasteiger partial charge < -0.3 is 26.5 Å². The quantitative estimate of drug-likeness (QED) is 0.583. The van der Waals surface area contributed by atoms with Crippen molar-refractivity contribution in [1.82, 2.24) is 5.06 Å². The van der Waals surface area contributed by atoms with Crippen molar-refractivity contribution in [3.63, 3.8) is 0 Å². The number of piperidine rings is 1. The second-order valence-corrected chi connectivity index (χ2v) is 5.75. The first-order valence-electron chi connectivity index (χ1n) is 5.62. The summed E-state index contributed by atoms with van der Waals surface area (Å²) in [6, 6.07) is 0. The Morgan fingerprint density at radius 3 is 1.58 bits per heavy atom. The zero-order chi connectivity index (χ0) is 11.0. The third-order valence-electron chi connectivity index (χ3n) is 3.24. The van der Waals surface area contributed by atoms with Crippen molar-refractivity contribution < 1.29 is 103 Å². The van der Waals surface area contributed by atoms with Gasteiger partial charge in [0.15, 0.2) is 0 Å². The molecule has 0 bridgehead atoms. The zero-order valence-electron chi connectivity index (χ0n) is 13.9. The molecule has 0 aromatic carbocycles. The number of hydrogen-bond donors (Lipinski definition) is 1. The van der Waals surface area contributed by atoms with Gasteiger partial charge >= 0.3 is 0 Å². The SMILES string of the molecule is CC[CH-]C1CC(C)(C)N(O)C(C)(C)C1.[CH3-].[CH3-].[Y].[Y].[Y]. The second kappa shape index (κ2) is 13.7. The monoisotopic (exact) mass is 495 g/mol. The molecule has 3 radical (unpaired) electrons. The van der Waals surface area contributed by atoms with E-state index in [-0.39, 0.29) is 124 Å². The predicted molar refractivity (Wildman–Crippen MR) is 71.9 cm³/mol. The largest absolute Gasteiger partial charge is 0.358 e. The van der Waals surface area contributed by atoms with Gasteiger partial charge in [0.25, 0.3) is 0 Å². The number of rotatable bonds is 2. The van der Waals surface area contributed by atoms with E-state index in [1.165, 1.54) is 0 Å². The number of nitrogens with zero attached hydrogens (tertiary/aromatic N) is 1. The minimum Gasteiger partial charge on any atom is -0.358 e. The Bertz CT molecular complexity index is 193. The topological polar surface area (TPSA) is 23.5 Å². The number of hydrogen-bond acceptors (Lipinski definition) is 2. The molecule has 0 saturated carbocycles. The van der Waals surface area contributed by atoms with Crippen LogP contribution >= 0.6 is 0 Å². The van der Waals surface area contributed by atoms with Crippen LogP contribution in [0.4, 0.5) is 0 Å². The maximum Gasteiger partial charge on any atom is 0.0388 e. The Labute approximate surface area is 197 Å². The molecular formula is C14H30NOY3-3. The van der Waals surface area contributed by atoms with Crippen molar-refractivity contribution in [1.29, 1.82) is 0 Å². The van der Waals surface area contributed by atoms with E-state index in [0.717, 1.165) is 19.3 Å². The molecule has 5 heteroatoms. The summed E-state index contributed by atoms with van der Waals surface area (Å²) in [6.45, 7) is 10.6. The van der Waals surface area contributed by atoms with Gasteiger partial charge in [-0.15, -0.1) is 0 Å². The van der Waals surface area contributed by atoms with Crippen LogP contribution in [-0.4, -0.2) is 21.3 Å². The summed E-state index contributed by atoms with van der Waals surface area (Å²) in [7, 11) is 0. The molecule has 1 rings (SSSR count). The molecule has 0 atom stereocenters. The van der Waals surface area contributed by atoms with Crippen molar-refractivity contribution in [3.05, 3.63) is 21.3 Å². The first-order chi connectivity index (χ1) is 6.29. The van der Waals surface area contributed by atoms with Gasteiger partial charge in [-0.3, -0.25) is 0 Å². The minimum atomic E-state index is -0.0991. The third kappa shape index (κ3) is 9.85. The van der Waals surface area contributed by atoms with Gasteiger partial charge in [0.1, 0.15) is 0 Å². The molecule has 0 unspecified atom stereocenters. The average molecular weight is 495 g/mol. The first-order valence-corrected chi connectivity index (χ1v) is 5.62. The van der Waals surface area contributed by atoms with Gasteiger partial charge in [0.05, 0.1) is 0 Å². The van der Waals surface area contributed by atoms with Crippen molar-refractivity contribution in [2.75, 3.05) is 0 Å². The van der Waals surface area contributed by atoms with Gasteiger partial charge in [0, 0.05) is 109 Å². The molecule has 1 heterocycles. The molecule has 1 aliphatic heterocycles. The molecule has 0 aliphatic carbocycles. The molecule has 2 nitrogen and oxygen atoms in total. The predicted octanol–water partition coefficient (Wildman–Crippen LogP) is 4.15. The molecule has 19 heavy (non-hydrogen) atoms. The van der Waals surface area contributed by atoms with Crippen LogP contribution in [0.15, 0.2) is 0 Å². The standard InChI is InChI=1S/C12H24NO.2CH3.3Y/c1-6-7-10-8-11(2,3)13(14)12(4,5)9-10;;;;;/h7,10,14H,6,8-9H2,1-5H3;2*1H3;;;/q3*-1;;;. The summed E-state index contributed by atoms with van der Waals surface area (Å²) >= 11 is 0. The Hall–Kier alpha value is 3.23. The Morgan fingerprint density at radius 2 is 1.32 bits per heavy atom. The molecule has 0 spiro atoms. The molecule has 0 amide bonds. The maximum absolute atomic E-state index is 10.1. The van der Waals surface area contributed by atoms with Gasteiger partial charge in [-0.1, -0.05) is 19.8 Å². The normalized spacial score (nSPS) is 20.5. The number of hydroxylamine groups is 2. The summed E-state index contributed by atoms with van der Waals surface area (Å²) in [6.07, 6.45) is 5.63. The molecule has 1 fully saturated rings. The first kappa shape index (κ1) is 33.8. The fraction of sp³-hybridized carbons (Fsp3) is 0.786. The summed E-state index contributed by atoms with van der Waals surface area (Å²) in [5, 5.41) is 11.6. The van der Waals surface area contributed by atoms with Crippen LogP contribution in [-0.2, 0) is 98.1 Å². The maximum atomic E-state index is 10.1. The van der Waals surface area contributed by atoms with E-state index in [1.807, 2.05) is 0 Å². The Morgan fingerprint density at radius 1 is 1.00 bits per heavy atom. The molecule has 109 valence electrons. The molecule has 1 aliphatic rings. The molecule has 0 aromatic rings. The molecule has 1 saturated heterocycles. The zero-order valence-corrected chi connectivity index (χ0v) is 22.4. The van der Waals surface area contributed by atoms with E-state index >= 15 is 0 Å². The summed E-state index contributed by atoms with van der Waals surface area (Å²) in [5.74, 6) is 0.647. The minimum absolute atomic E-state index is 0. The summed E-state index contributed by atoms with van der Waals surface area (Å²) in [4.78, 5) is 0. The summed E-state index contributed by atoms with van der Waals surface area (Å²) < 4.78 is 0. The van der Waals surface area contributed by atoms with Crippen molar-refractivity contribution in [2.24, 2.45) is 5.92 Å². The fourth-order valence-electron chi connectivity index (χ4n) is 2.85. The van der Waals surface area contributed by atoms with Crippen LogP contribution in [0.5, 0.6) is 0 Å². The average Bonchev–Trinajstić information content (AvgIpc) is 1.99. The van der Waals surface area contributed by atoms with E-state index in [9.17, 15) is 5.21 Å². The van der Waals surface area contributed by atoms with Gasteiger partial charge in [-0.2, -0.15) is 17.4 Å². The van der Waals surface area contributed by atoms with E-state index in [2.05, 4.69) is 41.0 Å². The van der Waals surface area contributed by atoms with E-state index in [1.54, 1.807) is 5.06 Å². The fourth-order valence-corrected chi connectivity index (χ4v) is 2.85. The van der Waals surface area contributed by atoms with Gasteiger partial charge in [-0.25, -0.2) is 0 Å².